The Labute approximate surface area is 193 Å². The van der Waals surface area contributed by atoms with Gasteiger partial charge in [-0.25, -0.2) is 9.97 Å². The van der Waals surface area contributed by atoms with Crippen molar-refractivity contribution in [2.45, 2.75) is 51.5 Å². The van der Waals surface area contributed by atoms with E-state index in [0.29, 0.717) is 37.4 Å². The monoisotopic (exact) mass is 444 g/mol. The first-order valence-electron chi connectivity index (χ1n) is 11.6. The molecule has 2 amide bonds. The lowest BCUT2D eigenvalue weighted by Gasteiger charge is -2.31. The molecule has 3 aromatic rings. The van der Waals surface area contributed by atoms with Crippen molar-refractivity contribution >= 4 is 17.6 Å². The Bertz CT molecular complexity index is 1150. The summed E-state index contributed by atoms with van der Waals surface area (Å²) in [6.45, 7) is 3.26. The molecule has 8 nitrogen and oxygen atoms in total. The summed E-state index contributed by atoms with van der Waals surface area (Å²) < 4.78 is 0. The van der Waals surface area contributed by atoms with Gasteiger partial charge < -0.3 is 4.90 Å². The highest BCUT2D eigenvalue weighted by Crippen LogP contribution is 2.35. The first kappa shape index (κ1) is 21.3. The summed E-state index contributed by atoms with van der Waals surface area (Å²) in [6, 6.07) is 11.8. The van der Waals surface area contributed by atoms with Crippen molar-refractivity contribution in [2.75, 3.05) is 18.0 Å². The summed E-state index contributed by atoms with van der Waals surface area (Å²) in [5.74, 6) is 1.36. The van der Waals surface area contributed by atoms with Gasteiger partial charge in [-0.3, -0.25) is 19.6 Å². The van der Waals surface area contributed by atoms with Gasteiger partial charge in [0.2, 0.25) is 5.91 Å². The van der Waals surface area contributed by atoms with E-state index in [2.05, 4.69) is 22.3 Å². The molecule has 0 bridgehead atoms. The third-order valence-electron chi connectivity index (χ3n) is 6.59. The molecule has 5 rings (SSSR count). The van der Waals surface area contributed by atoms with E-state index in [-0.39, 0.29) is 17.9 Å². The van der Waals surface area contributed by atoms with Gasteiger partial charge in [0, 0.05) is 37.0 Å². The van der Waals surface area contributed by atoms with Crippen molar-refractivity contribution in [1.29, 1.82) is 0 Å². The Hall–Kier alpha value is -3.55. The highest BCUT2D eigenvalue weighted by Gasteiger charge is 2.35. The van der Waals surface area contributed by atoms with Crippen LogP contribution in [0.5, 0.6) is 0 Å². The number of anilines is 1. The third kappa shape index (κ3) is 4.25. The van der Waals surface area contributed by atoms with Crippen LogP contribution in [0.1, 0.15) is 64.9 Å². The van der Waals surface area contributed by atoms with Crippen LogP contribution < -0.4 is 4.90 Å². The summed E-state index contributed by atoms with van der Waals surface area (Å²) in [7, 11) is 0. The Morgan fingerprint density at radius 2 is 2.00 bits per heavy atom. The van der Waals surface area contributed by atoms with E-state index in [4.69, 9.17) is 9.97 Å². The van der Waals surface area contributed by atoms with Crippen molar-refractivity contribution in [2.24, 2.45) is 0 Å². The largest absolute Gasteiger partial charge is 0.327 e. The number of hydrogen-bond donors (Lipinski definition) is 1. The maximum absolute atomic E-state index is 13.0. The molecule has 33 heavy (non-hydrogen) atoms. The molecule has 0 aliphatic carbocycles. The van der Waals surface area contributed by atoms with E-state index in [9.17, 15) is 9.59 Å². The van der Waals surface area contributed by atoms with E-state index in [1.165, 1.54) is 5.56 Å². The number of aryl methyl sites for hydroxylation is 2. The zero-order valence-corrected chi connectivity index (χ0v) is 18.8. The molecule has 0 radical (unpaired) electrons. The number of hydrogen-bond acceptors (Lipinski definition) is 5. The maximum Gasteiger partial charge on any atom is 0.272 e. The Morgan fingerprint density at radius 3 is 2.79 bits per heavy atom. The highest BCUT2D eigenvalue weighted by atomic mass is 16.2. The number of rotatable bonds is 6. The highest BCUT2D eigenvalue weighted by molar-refractivity contribution is 5.95. The van der Waals surface area contributed by atoms with Gasteiger partial charge in [-0.05, 0) is 50.7 Å². The second-order valence-corrected chi connectivity index (χ2v) is 8.73. The number of aromatic amines is 1. The summed E-state index contributed by atoms with van der Waals surface area (Å²) in [5, 5.41) is 6.67. The number of amides is 2. The van der Waals surface area contributed by atoms with Crippen LogP contribution >= 0.6 is 0 Å². The minimum absolute atomic E-state index is 0.0928. The minimum atomic E-state index is -0.201. The fourth-order valence-electron chi connectivity index (χ4n) is 4.88. The van der Waals surface area contributed by atoms with Crippen LogP contribution in [0.25, 0.3) is 0 Å². The second-order valence-electron chi connectivity index (χ2n) is 8.73. The van der Waals surface area contributed by atoms with Gasteiger partial charge in [0.05, 0.1) is 6.04 Å². The standard InChI is InChI=1S/C25H28N6O2/c1-17-19-11-12-22(32)31(16-5-9-18-7-3-2-4-8-18)24(19)28-23(27-17)21-10-6-15-30(21)25(33)20-13-14-26-29-20/h2-4,7-8,13-14,21H,5-6,9-12,15-16H2,1H3,(H,26,29)/t21-/m0/s1. The van der Waals surface area contributed by atoms with Gasteiger partial charge in [0.15, 0.2) is 5.82 Å². The average molecular weight is 445 g/mol. The van der Waals surface area contributed by atoms with Gasteiger partial charge >= 0.3 is 0 Å². The number of likely N-dealkylation sites (tertiary alicyclic amines) is 1. The Morgan fingerprint density at radius 1 is 1.15 bits per heavy atom. The zero-order chi connectivity index (χ0) is 22.8. The van der Waals surface area contributed by atoms with E-state index in [0.717, 1.165) is 42.8 Å². The van der Waals surface area contributed by atoms with Gasteiger partial charge in [-0.2, -0.15) is 5.10 Å². The summed E-state index contributed by atoms with van der Waals surface area (Å²) >= 11 is 0. The number of nitrogens with zero attached hydrogens (tertiary/aromatic N) is 5. The van der Waals surface area contributed by atoms with Crippen LogP contribution in [0.3, 0.4) is 0 Å². The predicted octanol–water partition coefficient (Wildman–Crippen LogP) is 3.40. The van der Waals surface area contributed by atoms with Gasteiger partial charge in [0.25, 0.3) is 5.91 Å². The van der Waals surface area contributed by atoms with Gasteiger partial charge in [0.1, 0.15) is 11.5 Å². The zero-order valence-electron chi connectivity index (χ0n) is 18.8. The number of carbonyl (C=O) groups is 2. The van der Waals surface area contributed by atoms with Crippen molar-refractivity contribution < 1.29 is 9.59 Å². The van der Waals surface area contributed by atoms with E-state index >= 15 is 0 Å². The van der Waals surface area contributed by atoms with Crippen LogP contribution in [-0.2, 0) is 17.6 Å². The fourth-order valence-corrected chi connectivity index (χ4v) is 4.88. The van der Waals surface area contributed by atoms with Gasteiger partial charge in [-0.1, -0.05) is 30.3 Å². The minimum Gasteiger partial charge on any atom is -0.327 e. The molecule has 1 aromatic carbocycles. The molecule has 2 aliphatic heterocycles. The molecule has 8 heteroatoms. The van der Waals surface area contributed by atoms with Crippen LogP contribution in [0.4, 0.5) is 5.82 Å². The quantitative estimate of drug-likeness (QED) is 0.629. The topological polar surface area (TPSA) is 95.1 Å². The molecule has 2 aromatic heterocycles. The third-order valence-corrected chi connectivity index (χ3v) is 6.59. The van der Waals surface area contributed by atoms with Crippen molar-refractivity contribution in [1.82, 2.24) is 25.1 Å². The Kier molecular flexibility index (Phi) is 5.90. The molecule has 0 saturated carbocycles. The average Bonchev–Trinajstić information content (AvgIpc) is 3.53. The van der Waals surface area contributed by atoms with Crippen LogP contribution in [0.2, 0.25) is 0 Å². The van der Waals surface area contributed by atoms with E-state index < -0.39 is 0 Å². The molecular formula is C25H28N6O2. The number of nitrogens with one attached hydrogen (secondary N) is 1. The number of fused-ring (bicyclic) bond motifs is 1. The molecule has 1 fully saturated rings. The Balaban J connectivity index is 1.40. The lowest BCUT2D eigenvalue weighted by atomic mass is 10.0. The number of aromatic nitrogens is 4. The van der Waals surface area contributed by atoms with E-state index in [1.807, 2.05) is 34.9 Å². The number of carbonyl (C=O) groups excluding carboxylic acids is 2. The summed E-state index contributed by atoms with van der Waals surface area (Å²) in [5.41, 5.74) is 3.67. The van der Waals surface area contributed by atoms with Crippen LogP contribution in [0.15, 0.2) is 42.6 Å². The first-order chi connectivity index (χ1) is 16.1. The smallest absolute Gasteiger partial charge is 0.272 e. The van der Waals surface area contributed by atoms with Crippen molar-refractivity contribution in [3.05, 3.63) is 70.9 Å². The normalized spacial score (nSPS) is 18.0. The van der Waals surface area contributed by atoms with Crippen LogP contribution in [-0.4, -0.2) is 50.0 Å². The predicted molar refractivity (Wildman–Crippen MR) is 124 cm³/mol. The molecule has 1 N–H and O–H groups in total. The van der Waals surface area contributed by atoms with Crippen molar-refractivity contribution in [3.8, 4) is 0 Å². The molecule has 0 spiro atoms. The molecule has 170 valence electrons. The lowest BCUT2D eigenvalue weighted by Crippen LogP contribution is -2.38. The second kappa shape index (κ2) is 9.13. The van der Waals surface area contributed by atoms with Crippen molar-refractivity contribution in [3.63, 3.8) is 0 Å². The molecule has 2 aliphatic rings. The summed E-state index contributed by atoms with van der Waals surface area (Å²) in [6.07, 6.45) is 6.20. The summed E-state index contributed by atoms with van der Waals surface area (Å²) in [4.78, 5) is 39.2. The molecule has 4 heterocycles. The molecule has 0 unspecified atom stereocenters. The SMILES string of the molecule is Cc1nc([C@@H]2CCCN2C(=O)c2ccn[nH]2)nc2c1CCC(=O)N2CCCc1ccccc1. The number of H-pyrrole nitrogens is 1. The maximum atomic E-state index is 13.0. The molecule has 1 atom stereocenters. The lowest BCUT2D eigenvalue weighted by molar-refractivity contribution is -0.119. The van der Waals surface area contributed by atoms with E-state index in [1.54, 1.807) is 12.3 Å². The van der Waals surface area contributed by atoms with Gasteiger partial charge in [-0.15, -0.1) is 0 Å². The molecule has 1 saturated heterocycles. The molecular weight excluding hydrogens is 416 g/mol. The first-order valence-corrected chi connectivity index (χ1v) is 11.6. The number of benzene rings is 1. The van der Waals surface area contributed by atoms with Crippen LogP contribution in [0, 0.1) is 6.92 Å². The fraction of sp³-hybridized carbons (Fsp3) is 0.400.